The lowest BCUT2D eigenvalue weighted by molar-refractivity contribution is 0.0623. The first-order valence-corrected chi connectivity index (χ1v) is 3.61. The van der Waals surface area contributed by atoms with Crippen LogP contribution >= 0.6 is 0 Å². The van der Waals surface area contributed by atoms with Crippen molar-refractivity contribution >= 4 is 18.6 Å². The topological polar surface area (TPSA) is 55.7 Å². The van der Waals surface area contributed by atoms with Crippen LogP contribution in [0.1, 0.15) is 10.4 Å². The second-order valence-electron chi connectivity index (χ2n) is 2.62. The summed E-state index contributed by atoms with van der Waals surface area (Å²) in [5, 5.41) is 1.02. The van der Waals surface area contributed by atoms with Crippen molar-refractivity contribution in [1.29, 1.82) is 0 Å². The van der Waals surface area contributed by atoms with E-state index in [1.54, 1.807) is 12.1 Å². The molecule has 4 heteroatoms. The van der Waals surface area contributed by atoms with Crippen LogP contribution in [0.15, 0.2) is 23.2 Å². The van der Waals surface area contributed by atoms with E-state index in [4.69, 9.17) is 0 Å². The molecule has 0 fully saturated rings. The van der Waals surface area contributed by atoms with Crippen LogP contribution in [0.3, 0.4) is 0 Å². The predicted molar refractivity (Wildman–Crippen MR) is 43.6 cm³/mol. The monoisotopic (exact) mass is 175 g/mol. The zero-order valence-corrected chi connectivity index (χ0v) is 6.61. The largest absolute Gasteiger partial charge is 0.442 e. The minimum absolute atomic E-state index is 0.284. The van der Waals surface area contributed by atoms with Crippen molar-refractivity contribution in [2.45, 2.75) is 0 Å². The first-order valence-electron chi connectivity index (χ1n) is 3.61. The molecule has 0 radical (unpaired) electrons. The highest BCUT2D eigenvalue weighted by molar-refractivity contribution is 5.98. The van der Waals surface area contributed by atoms with Gasteiger partial charge in [-0.05, 0) is 17.4 Å². The summed E-state index contributed by atoms with van der Waals surface area (Å²) in [4.78, 5) is 25.3. The average Bonchev–Trinajstić information content (AvgIpc) is 2.06. The number of hydrogen-bond donors (Lipinski definition) is 0. The van der Waals surface area contributed by atoms with E-state index in [0.717, 1.165) is 0 Å². The van der Waals surface area contributed by atoms with Gasteiger partial charge in [-0.3, -0.25) is 0 Å². The van der Waals surface area contributed by atoms with Crippen LogP contribution < -0.4 is 10.6 Å². The summed E-state index contributed by atoms with van der Waals surface area (Å²) in [5.74, 6) is -0.666. The molecule has 13 heavy (non-hydrogen) atoms. The quantitative estimate of drug-likeness (QED) is 0.412. The number of carbonyl (C=O) groups is 2. The molecule has 0 spiro atoms. The lowest BCUT2D eigenvalue weighted by Crippen LogP contribution is -2.28. The Labute approximate surface area is 73.2 Å². The third-order valence-corrected chi connectivity index (χ3v) is 1.67. The highest BCUT2D eigenvalue weighted by Gasteiger charge is 2.19. The zero-order chi connectivity index (χ0) is 9.42. The second-order valence-corrected chi connectivity index (χ2v) is 2.62. The Balaban J connectivity index is 2.82. The number of cyclic esters (lactones) is 2. The first-order chi connectivity index (χ1) is 6.16. The number of fused-ring (bicyclic) bond motifs is 1. The van der Waals surface area contributed by atoms with Crippen LogP contribution in [0.4, 0.5) is 4.79 Å². The molecule has 0 aliphatic carbocycles. The highest BCUT2D eigenvalue weighted by Crippen LogP contribution is 1.99. The van der Waals surface area contributed by atoms with Gasteiger partial charge in [-0.15, -0.1) is 0 Å². The number of benzene rings is 1. The van der Waals surface area contributed by atoms with E-state index in [9.17, 15) is 9.59 Å². The number of nitrogens with zero attached hydrogens (tertiary/aromatic N) is 1. The van der Waals surface area contributed by atoms with Crippen LogP contribution in [0.25, 0.3) is 6.58 Å². The molecule has 1 aliphatic heterocycles. The molecule has 0 atom stereocenters. The van der Waals surface area contributed by atoms with Crippen LogP contribution in [-0.4, -0.2) is 12.1 Å². The fraction of sp³-hybridized carbons (Fsp3) is 0. The van der Waals surface area contributed by atoms with Gasteiger partial charge >= 0.3 is 12.1 Å². The van der Waals surface area contributed by atoms with Crippen molar-refractivity contribution < 1.29 is 14.3 Å². The number of ether oxygens (including phenoxy) is 1. The van der Waals surface area contributed by atoms with Gasteiger partial charge < -0.3 is 4.74 Å². The lowest BCUT2D eigenvalue weighted by atomic mass is 10.2. The molecule has 0 saturated carbocycles. The van der Waals surface area contributed by atoms with Gasteiger partial charge in [0.2, 0.25) is 0 Å². The van der Waals surface area contributed by atoms with Crippen LogP contribution in [-0.2, 0) is 4.74 Å². The summed E-state index contributed by atoms with van der Waals surface area (Å²) in [7, 11) is 0. The van der Waals surface area contributed by atoms with Crippen LogP contribution in [0, 0.1) is 0 Å². The van der Waals surface area contributed by atoms with Gasteiger partial charge in [-0.2, -0.15) is 4.99 Å². The molecule has 0 bridgehead atoms. The van der Waals surface area contributed by atoms with Gasteiger partial charge in [0.05, 0.1) is 10.9 Å². The maximum Gasteiger partial charge on any atom is 0.442 e. The fourth-order valence-corrected chi connectivity index (χ4v) is 1.10. The van der Waals surface area contributed by atoms with E-state index < -0.39 is 12.1 Å². The summed E-state index contributed by atoms with van der Waals surface area (Å²) >= 11 is 0. The summed E-state index contributed by atoms with van der Waals surface area (Å²) in [6.45, 7) is 3.65. The Kier molecular flexibility index (Phi) is 1.48. The lowest BCUT2D eigenvalue weighted by Gasteiger charge is -2.05. The van der Waals surface area contributed by atoms with E-state index in [1.807, 2.05) is 0 Å². The zero-order valence-electron chi connectivity index (χ0n) is 6.61. The molecule has 1 amide bonds. The van der Waals surface area contributed by atoms with Gasteiger partial charge in [0.1, 0.15) is 0 Å². The summed E-state index contributed by atoms with van der Waals surface area (Å²) in [6.07, 6.45) is -0.866. The number of hydrogen-bond acceptors (Lipinski definition) is 3. The maximum absolute atomic E-state index is 11.1. The maximum atomic E-state index is 11.1. The third-order valence-electron chi connectivity index (χ3n) is 1.67. The molecule has 0 N–H and O–H groups in total. The van der Waals surface area contributed by atoms with Crippen molar-refractivity contribution in [3.05, 3.63) is 34.3 Å². The normalized spacial score (nSPS) is 14.5. The van der Waals surface area contributed by atoms with E-state index in [-0.39, 0.29) is 5.56 Å². The third kappa shape index (κ3) is 1.22. The van der Waals surface area contributed by atoms with E-state index in [1.165, 1.54) is 6.07 Å². The Hall–Kier alpha value is -1.97. The SMILES string of the molecule is C=c1ccc2c(c1)C(=O)OC(=O)N=2. The van der Waals surface area contributed by atoms with E-state index in [2.05, 4.69) is 16.3 Å². The molecule has 2 rings (SSSR count). The molecular weight excluding hydrogens is 170 g/mol. The number of rotatable bonds is 0. The smallest absolute Gasteiger partial charge is 0.371 e. The number of esters is 1. The minimum Gasteiger partial charge on any atom is -0.371 e. The van der Waals surface area contributed by atoms with Gasteiger partial charge in [0.15, 0.2) is 0 Å². The van der Waals surface area contributed by atoms with Crippen molar-refractivity contribution in [2.75, 3.05) is 0 Å². The van der Waals surface area contributed by atoms with Crippen molar-refractivity contribution in [3.63, 3.8) is 0 Å². The van der Waals surface area contributed by atoms with E-state index in [0.29, 0.717) is 10.6 Å². The standard InChI is InChI=1S/C9H5NO3/c1-5-2-3-7-6(4-5)8(11)13-9(12)10-7/h2-4H,1H2. The second kappa shape index (κ2) is 2.52. The fourth-order valence-electron chi connectivity index (χ4n) is 1.10. The van der Waals surface area contributed by atoms with Gasteiger partial charge in [-0.25, -0.2) is 9.59 Å². The van der Waals surface area contributed by atoms with Gasteiger partial charge in [0.25, 0.3) is 0 Å². The van der Waals surface area contributed by atoms with Crippen LogP contribution in [0.5, 0.6) is 0 Å². The Morgan fingerprint density at radius 1 is 1.31 bits per heavy atom. The molecule has 64 valence electrons. The molecule has 0 aromatic heterocycles. The van der Waals surface area contributed by atoms with Crippen LogP contribution in [0.2, 0.25) is 0 Å². The molecule has 0 saturated heterocycles. The number of carbonyl (C=O) groups excluding carboxylic acids is 2. The van der Waals surface area contributed by atoms with Crippen molar-refractivity contribution in [1.82, 2.24) is 0 Å². The van der Waals surface area contributed by atoms with Gasteiger partial charge in [-0.1, -0.05) is 12.6 Å². The molecule has 0 unspecified atom stereocenters. The Morgan fingerprint density at radius 3 is 2.85 bits per heavy atom. The highest BCUT2D eigenvalue weighted by atomic mass is 16.6. The van der Waals surface area contributed by atoms with Crippen molar-refractivity contribution in [3.8, 4) is 0 Å². The Bertz CT molecular complexity index is 504. The van der Waals surface area contributed by atoms with E-state index >= 15 is 0 Å². The molecular formula is C9H5NO3. The summed E-state index contributed by atoms with van der Waals surface area (Å²) in [5.41, 5.74) is 0.284. The molecule has 1 heterocycles. The molecule has 4 nitrogen and oxygen atoms in total. The van der Waals surface area contributed by atoms with Crippen molar-refractivity contribution in [2.24, 2.45) is 4.99 Å². The number of amides is 1. The average molecular weight is 175 g/mol. The molecule has 1 aromatic rings. The van der Waals surface area contributed by atoms with Gasteiger partial charge in [0, 0.05) is 0 Å². The summed E-state index contributed by atoms with van der Waals surface area (Å²) in [6, 6.07) is 4.78. The predicted octanol–water partition coefficient (Wildman–Crippen LogP) is 0.00690. The molecule has 1 aromatic carbocycles. The summed E-state index contributed by atoms with van der Waals surface area (Å²) < 4.78 is 4.30. The minimum atomic E-state index is -0.866. The first kappa shape index (κ1) is 7.67. The molecule has 1 aliphatic rings. The Morgan fingerprint density at radius 2 is 2.08 bits per heavy atom.